The van der Waals surface area contributed by atoms with Gasteiger partial charge in [0.1, 0.15) is 0 Å². The second kappa shape index (κ2) is 19.5. The second-order valence-corrected chi connectivity index (χ2v) is 25.8. The molecule has 12 rings (SSSR count). The van der Waals surface area contributed by atoms with Crippen LogP contribution in [-0.4, -0.2) is 18.7 Å². The van der Waals surface area contributed by atoms with Crippen LogP contribution in [0.25, 0.3) is 83.4 Å². The fourth-order valence-corrected chi connectivity index (χ4v) is 12.7. The van der Waals surface area contributed by atoms with Crippen molar-refractivity contribution in [3.05, 3.63) is 219 Å². The van der Waals surface area contributed by atoms with Crippen LogP contribution in [0.5, 0.6) is 11.5 Å². The number of imidazole rings is 1. The van der Waals surface area contributed by atoms with E-state index in [-0.39, 0.29) is 21.8 Å². The molecule has 1 atom stereocenters. The quantitative estimate of drug-likeness (QED) is 0.152. The summed E-state index contributed by atoms with van der Waals surface area (Å²) >= 11 is 2.52. The smallest absolute Gasteiger partial charge is 0.0622 e. The number of para-hydroxylation sites is 3. The number of pyridine rings is 1. The Morgan fingerprint density at radius 3 is 1.83 bits per heavy atom. The topological polar surface area (TPSA) is 36.9 Å². The first kappa shape index (κ1) is 47.8. The Hall–Kier alpha value is -7.33. The summed E-state index contributed by atoms with van der Waals surface area (Å²) < 4.78 is 41.5. The van der Waals surface area contributed by atoms with Crippen LogP contribution in [0.15, 0.2) is 182 Å². The molecule has 394 valence electrons. The number of rotatable bonds is 8. The van der Waals surface area contributed by atoms with Crippen molar-refractivity contribution in [3.63, 3.8) is 0 Å². The molecule has 1 aliphatic rings. The van der Waals surface area contributed by atoms with Gasteiger partial charge in [-0.3, -0.25) is 0 Å². The molecule has 3 heterocycles. The zero-order valence-electron chi connectivity index (χ0n) is 49.5. The zero-order valence-corrected chi connectivity index (χ0v) is 48.8. The van der Waals surface area contributed by atoms with Crippen LogP contribution in [-0.2, 0) is 48.4 Å². The number of hydrogen-bond donors (Lipinski definition) is 0. The third kappa shape index (κ3) is 9.42. The molecule has 0 radical (unpaired) electrons. The Balaban J connectivity index is 0.995. The Morgan fingerprint density at radius 1 is 0.513 bits per heavy atom. The van der Waals surface area contributed by atoms with E-state index >= 15 is 0 Å². The summed E-state index contributed by atoms with van der Waals surface area (Å²) in [6, 6.07) is 62.7. The van der Waals surface area contributed by atoms with E-state index < -0.39 is 6.85 Å². The summed E-state index contributed by atoms with van der Waals surface area (Å²) in [5, 5.41) is 2.17. The summed E-state index contributed by atoms with van der Waals surface area (Å²) in [6.07, 6.45) is 4.90. The van der Waals surface area contributed by atoms with Crippen molar-refractivity contribution in [2.45, 2.75) is 112 Å². The SMILES string of the molecule is [2H]C([2H])([2H])c1cc(-n2c3cc(Oc4cccc(-n5[c](=[Pt])n(-c6c(-c7ccccc7)cccc6-c6cc(C(C)(C)C)cc(C(C)(C)C)c6)c6ccccc65)c4)ccc3c3cc4c(cc32)CCC(C)C4)ncc1-c1ccc(C(C)(C)C)cc1. The Bertz CT molecular complexity index is 4280. The molecule has 1 aliphatic carbocycles. The van der Waals surface area contributed by atoms with Crippen LogP contribution >= 0.6 is 0 Å². The van der Waals surface area contributed by atoms with Crippen LogP contribution in [0.2, 0.25) is 0 Å². The Labute approximate surface area is 475 Å². The fourth-order valence-electron chi connectivity index (χ4n) is 11.6. The molecule has 78 heavy (non-hydrogen) atoms. The molecular weight excluding hydrogens is 1130 g/mol. The van der Waals surface area contributed by atoms with Crippen molar-refractivity contribution in [1.29, 1.82) is 0 Å². The number of aryl methyl sites for hydroxylation is 2. The van der Waals surface area contributed by atoms with Gasteiger partial charge >= 0.3 is 346 Å². The number of nitrogens with zero attached hydrogens (tertiary/aromatic N) is 4. The first-order chi connectivity index (χ1) is 38.5. The first-order valence-corrected chi connectivity index (χ1v) is 28.7. The maximum atomic E-state index is 8.85. The molecule has 0 aliphatic heterocycles. The molecule has 0 bridgehead atoms. The Morgan fingerprint density at radius 2 is 1.14 bits per heavy atom. The summed E-state index contributed by atoms with van der Waals surface area (Å²) in [5.41, 5.74) is 18.8. The fraction of sp³-hybridized carbons (Fsp3) is 0.250. The van der Waals surface area contributed by atoms with Gasteiger partial charge in [0.2, 0.25) is 0 Å². The summed E-state index contributed by atoms with van der Waals surface area (Å²) in [7, 11) is 0. The van der Waals surface area contributed by atoms with Gasteiger partial charge in [-0.15, -0.1) is 0 Å². The molecule has 0 saturated carbocycles. The van der Waals surface area contributed by atoms with E-state index in [1.54, 1.807) is 12.3 Å². The van der Waals surface area contributed by atoms with Gasteiger partial charge in [0, 0.05) is 15.9 Å². The molecule has 0 amide bonds. The zero-order chi connectivity index (χ0) is 56.9. The molecule has 0 fully saturated rings. The van der Waals surface area contributed by atoms with Crippen molar-refractivity contribution >= 4 is 32.8 Å². The molecular formula is C72H70N4OPt. The van der Waals surface area contributed by atoms with Gasteiger partial charge in [0.05, 0.1) is 0 Å². The van der Waals surface area contributed by atoms with Crippen molar-refractivity contribution in [3.8, 4) is 62.1 Å². The number of fused-ring (bicyclic) bond motifs is 5. The van der Waals surface area contributed by atoms with Crippen molar-refractivity contribution in [2.24, 2.45) is 5.92 Å². The standard InChI is InChI=1S/C72H70N4O.Pt/c1-46-27-28-50-40-66-62(39-51(50)35-46)61-34-33-58(43-67(61)76(66)68-36-47(2)63(44-73-68)49-29-31-53(32-30-49)70(3,4)5)77-57-22-17-21-56(42-57)74-45-75(65-26-16-15-25-64(65)74)69-59(48-19-13-12-14-20-48)23-18-24-60(69)52-37-54(71(6,7)8)41-55(38-52)72(9,10)11;/h12-26,29-34,36-44,46H,27-28,35H2,1-11H3;/i2D3;. The maximum absolute atomic E-state index is 8.85. The van der Waals surface area contributed by atoms with Gasteiger partial charge in [0.15, 0.2) is 0 Å². The second-order valence-electron chi connectivity index (χ2n) is 24.8. The number of aromatic nitrogens is 4. The molecule has 0 N–H and O–H groups in total. The van der Waals surface area contributed by atoms with E-state index in [4.69, 9.17) is 13.8 Å². The predicted molar refractivity (Wildman–Crippen MR) is 323 cm³/mol. The molecule has 0 saturated heterocycles. The summed E-state index contributed by atoms with van der Waals surface area (Å²) in [6.45, 7) is 20.3. The average Bonchev–Trinajstić information content (AvgIpc) is 3.19. The van der Waals surface area contributed by atoms with E-state index in [0.29, 0.717) is 28.8 Å². The van der Waals surface area contributed by atoms with Crippen LogP contribution in [0, 0.1) is 16.6 Å². The minimum atomic E-state index is -2.40. The first-order valence-electron chi connectivity index (χ1n) is 29.0. The third-order valence-corrected chi connectivity index (χ3v) is 17.1. The predicted octanol–water partition coefficient (Wildman–Crippen LogP) is 19.1. The molecule has 6 heteroatoms. The molecule has 3 aromatic heterocycles. The van der Waals surface area contributed by atoms with Gasteiger partial charge in [0.25, 0.3) is 0 Å². The van der Waals surface area contributed by atoms with Gasteiger partial charge in [-0.05, 0) is 65.3 Å². The molecule has 1 unspecified atom stereocenters. The minimum Gasteiger partial charge on any atom is -0.0622 e. The van der Waals surface area contributed by atoms with E-state index in [1.807, 2.05) is 18.2 Å². The molecule has 0 spiro atoms. The van der Waals surface area contributed by atoms with Gasteiger partial charge in [-0.2, -0.15) is 0 Å². The Kier molecular flexibility index (Phi) is 12.0. The monoisotopic (exact) mass is 1200 g/mol. The average molecular weight is 1210 g/mol. The van der Waals surface area contributed by atoms with Crippen molar-refractivity contribution in [1.82, 2.24) is 18.7 Å². The van der Waals surface area contributed by atoms with Gasteiger partial charge in [-0.1, -0.05) is 52.0 Å². The summed E-state index contributed by atoms with van der Waals surface area (Å²) in [5.74, 6) is 2.49. The van der Waals surface area contributed by atoms with Crippen molar-refractivity contribution < 1.29 is 28.2 Å². The number of ether oxygens (including phenoxy) is 1. The van der Waals surface area contributed by atoms with E-state index in [9.17, 15) is 0 Å². The van der Waals surface area contributed by atoms with Gasteiger partial charge in [-0.25, -0.2) is 0 Å². The summed E-state index contributed by atoms with van der Waals surface area (Å²) in [4.78, 5) is 5.12. The number of benzene rings is 8. The number of hydrogen-bond acceptors (Lipinski definition) is 2. The van der Waals surface area contributed by atoms with Crippen LogP contribution < -0.4 is 4.74 Å². The third-order valence-electron chi connectivity index (χ3n) is 16.1. The molecule has 8 aromatic carbocycles. The van der Waals surface area contributed by atoms with Crippen molar-refractivity contribution in [2.75, 3.05) is 0 Å². The normalized spacial score (nSPS) is 14.9. The molecule has 5 nitrogen and oxygen atoms in total. The van der Waals surface area contributed by atoms with Crippen LogP contribution in [0.3, 0.4) is 0 Å². The van der Waals surface area contributed by atoms with E-state index in [0.717, 1.165) is 89.5 Å². The van der Waals surface area contributed by atoms with Crippen LogP contribution in [0.1, 0.15) is 113 Å². The van der Waals surface area contributed by atoms with E-state index in [1.165, 1.54) is 33.4 Å². The van der Waals surface area contributed by atoms with Gasteiger partial charge < -0.3 is 0 Å². The van der Waals surface area contributed by atoms with E-state index in [2.05, 4.69) is 254 Å². The minimum absolute atomic E-state index is 0.0368. The van der Waals surface area contributed by atoms with Crippen LogP contribution in [0.4, 0.5) is 0 Å². The molecule has 11 aromatic rings.